The summed E-state index contributed by atoms with van der Waals surface area (Å²) < 4.78 is 17.2. The van der Waals surface area contributed by atoms with Gasteiger partial charge in [-0.15, -0.1) is 0 Å². The Morgan fingerprint density at radius 1 is 1.08 bits per heavy atom. The summed E-state index contributed by atoms with van der Waals surface area (Å²) in [5.74, 6) is 1.81. The van der Waals surface area contributed by atoms with Crippen LogP contribution < -0.4 is 14.8 Å². The summed E-state index contributed by atoms with van der Waals surface area (Å²) >= 11 is 0. The van der Waals surface area contributed by atoms with Crippen molar-refractivity contribution in [2.24, 2.45) is 0 Å². The lowest BCUT2D eigenvalue weighted by atomic mass is 10.2. The van der Waals surface area contributed by atoms with Gasteiger partial charge in [-0.3, -0.25) is 0 Å². The van der Waals surface area contributed by atoms with E-state index < -0.39 is 0 Å². The van der Waals surface area contributed by atoms with Crippen LogP contribution in [-0.2, 0) is 11.3 Å². The molecule has 2 aromatic rings. The van der Waals surface area contributed by atoms with E-state index in [1.807, 2.05) is 24.3 Å². The lowest BCUT2D eigenvalue weighted by Gasteiger charge is -2.13. The lowest BCUT2D eigenvalue weighted by Crippen LogP contribution is -2.16. The summed E-state index contributed by atoms with van der Waals surface area (Å²) in [5.41, 5.74) is 2.30. The summed E-state index contributed by atoms with van der Waals surface area (Å²) in [7, 11) is 0. The first-order valence-corrected chi connectivity index (χ1v) is 9.57. The topological polar surface area (TPSA) is 39.7 Å². The van der Waals surface area contributed by atoms with E-state index in [1.165, 1.54) is 5.56 Å². The van der Waals surface area contributed by atoms with Gasteiger partial charge in [-0.05, 0) is 68.1 Å². The minimum absolute atomic E-state index is 0.245. The Hall–Kier alpha value is -2.20. The van der Waals surface area contributed by atoms with Crippen molar-refractivity contribution in [3.05, 3.63) is 54.1 Å². The zero-order valence-corrected chi connectivity index (χ0v) is 15.7. The maximum Gasteiger partial charge on any atom is 0.119 e. The molecule has 26 heavy (non-hydrogen) atoms. The molecule has 2 unspecified atom stereocenters. The van der Waals surface area contributed by atoms with Gasteiger partial charge in [0, 0.05) is 18.8 Å². The largest absolute Gasteiger partial charge is 0.491 e. The second-order valence-corrected chi connectivity index (χ2v) is 6.80. The van der Waals surface area contributed by atoms with Crippen molar-refractivity contribution in [3.63, 3.8) is 0 Å². The lowest BCUT2D eigenvalue weighted by molar-refractivity contribution is 0.0679. The molecule has 0 aromatic heterocycles. The van der Waals surface area contributed by atoms with Crippen molar-refractivity contribution in [2.45, 2.75) is 51.9 Å². The third-order valence-electron chi connectivity index (χ3n) is 4.65. The highest BCUT2D eigenvalue weighted by atomic mass is 16.5. The fraction of sp³-hybridized carbons (Fsp3) is 0.455. The number of hydrogen-bond donors (Lipinski definition) is 1. The molecule has 0 aliphatic carbocycles. The third-order valence-corrected chi connectivity index (χ3v) is 4.65. The monoisotopic (exact) mass is 355 g/mol. The number of anilines is 1. The van der Waals surface area contributed by atoms with Crippen LogP contribution in [0.2, 0.25) is 0 Å². The Labute approximate surface area is 156 Å². The van der Waals surface area contributed by atoms with E-state index in [4.69, 9.17) is 14.2 Å². The highest BCUT2D eigenvalue weighted by molar-refractivity contribution is 5.47. The van der Waals surface area contributed by atoms with Crippen molar-refractivity contribution < 1.29 is 14.2 Å². The van der Waals surface area contributed by atoms with Gasteiger partial charge in [-0.1, -0.05) is 19.1 Å². The molecule has 0 amide bonds. The minimum Gasteiger partial charge on any atom is -0.491 e. The molecule has 140 valence electrons. The Kier molecular flexibility index (Phi) is 6.78. The van der Waals surface area contributed by atoms with Crippen LogP contribution in [0.4, 0.5) is 5.69 Å². The van der Waals surface area contributed by atoms with E-state index in [0.29, 0.717) is 6.61 Å². The molecule has 3 rings (SSSR count). The van der Waals surface area contributed by atoms with E-state index in [2.05, 4.69) is 43.4 Å². The van der Waals surface area contributed by atoms with E-state index in [0.717, 1.165) is 49.6 Å². The zero-order chi connectivity index (χ0) is 18.2. The molecule has 1 aliphatic heterocycles. The maximum absolute atomic E-state index is 5.80. The Balaban J connectivity index is 1.43. The first-order chi connectivity index (χ1) is 12.7. The van der Waals surface area contributed by atoms with Gasteiger partial charge in [0.05, 0.1) is 12.2 Å². The van der Waals surface area contributed by atoms with Crippen molar-refractivity contribution in [1.82, 2.24) is 0 Å². The summed E-state index contributed by atoms with van der Waals surface area (Å²) in [5, 5.41) is 3.44. The number of hydrogen-bond acceptors (Lipinski definition) is 4. The van der Waals surface area contributed by atoms with Gasteiger partial charge in [-0.25, -0.2) is 0 Å². The second-order valence-electron chi connectivity index (χ2n) is 6.80. The molecule has 1 aliphatic rings. The predicted octanol–water partition coefficient (Wildman–Crippen LogP) is 5.03. The molecule has 1 fully saturated rings. The summed E-state index contributed by atoms with van der Waals surface area (Å²) in [4.78, 5) is 0. The first-order valence-electron chi connectivity index (χ1n) is 9.57. The van der Waals surface area contributed by atoms with Crippen LogP contribution in [0.25, 0.3) is 0 Å². The Bertz CT molecular complexity index is 648. The molecule has 4 nitrogen and oxygen atoms in total. The minimum atomic E-state index is 0.245. The molecule has 4 heteroatoms. The maximum atomic E-state index is 5.80. The fourth-order valence-corrected chi connectivity index (χ4v) is 2.84. The van der Waals surface area contributed by atoms with Crippen LogP contribution in [0, 0.1) is 0 Å². The van der Waals surface area contributed by atoms with Crippen molar-refractivity contribution >= 4 is 5.69 Å². The van der Waals surface area contributed by atoms with Gasteiger partial charge in [0.15, 0.2) is 0 Å². The number of nitrogens with one attached hydrogen (secondary N) is 1. The number of ether oxygens (including phenoxy) is 3. The molecule has 1 N–H and O–H groups in total. The van der Waals surface area contributed by atoms with Gasteiger partial charge in [0.1, 0.15) is 18.1 Å². The Morgan fingerprint density at radius 2 is 1.81 bits per heavy atom. The first kappa shape index (κ1) is 18.6. The average Bonchev–Trinajstić information content (AvgIpc) is 3.20. The normalized spacial score (nSPS) is 17.7. The summed E-state index contributed by atoms with van der Waals surface area (Å²) in [6.07, 6.45) is 3.75. The number of rotatable bonds is 9. The fourth-order valence-electron chi connectivity index (χ4n) is 2.84. The molecule has 1 saturated heterocycles. The highest BCUT2D eigenvalue weighted by Crippen LogP contribution is 2.20. The standard InChI is InChI=1S/C22H29NO3/c1-3-17(2)26-21-12-8-19(9-13-21)23-15-18-6-10-20(11-7-18)25-16-22-5-4-14-24-22/h6-13,17,22-23H,3-5,14-16H2,1-2H3. The van der Waals surface area contributed by atoms with E-state index in [1.54, 1.807) is 0 Å². The van der Waals surface area contributed by atoms with Gasteiger partial charge >= 0.3 is 0 Å². The van der Waals surface area contributed by atoms with Gasteiger partial charge in [-0.2, -0.15) is 0 Å². The smallest absolute Gasteiger partial charge is 0.119 e. The zero-order valence-electron chi connectivity index (χ0n) is 15.7. The van der Waals surface area contributed by atoms with Crippen LogP contribution in [0.15, 0.2) is 48.5 Å². The molecule has 0 saturated carbocycles. The van der Waals surface area contributed by atoms with Crippen molar-refractivity contribution in [3.8, 4) is 11.5 Å². The van der Waals surface area contributed by atoms with Gasteiger partial charge < -0.3 is 19.5 Å². The van der Waals surface area contributed by atoms with E-state index in [9.17, 15) is 0 Å². The average molecular weight is 355 g/mol. The van der Waals surface area contributed by atoms with Crippen molar-refractivity contribution in [1.29, 1.82) is 0 Å². The quantitative estimate of drug-likeness (QED) is 0.684. The number of benzene rings is 2. The van der Waals surface area contributed by atoms with Gasteiger partial charge in [0.2, 0.25) is 0 Å². The predicted molar refractivity (Wildman–Crippen MR) is 105 cm³/mol. The molecule has 2 atom stereocenters. The molecular weight excluding hydrogens is 326 g/mol. The molecule has 0 bridgehead atoms. The summed E-state index contributed by atoms with van der Waals surface area (Å²) in [6.45, 7) is 6.49. The highest BCUT2D eigenvalue weighted by Gasteiger charge is 2.15. The van der Waals surface area contributed by atoms with E-state index in [-0.39, 0.29) is 12.2 Å². The molecule has 2 aromatic carbocycles. The van der Waals surface area contributed by atoms with Crippen LogP contribution in [-0.4, -0.2) is 25.4 Å². The second kappa shape index (κ2) is 9.48. The van der Waals surface area contributed by atoms with Crippen molar-refractivity contribution in [2.75, 3.05) is 18.5 Å². The molecule has 0 radical (unpaired) electrons. The van der Waals surface area contributed by atoms with Crippen LogP contribution in [0.1, 0.15) is 38.7 Å². The van der Waals surface area contributed by atoms with Gasteiger partial charge in [0.25, 0.3) is 0 Å². The molecule has 0 spiro atoms. The molecule has 1 heterocycles. The SMILES string of the molecule is CCC(C)Oc1ccc(NCc2ccc(OCC3CCCO3)cc2)cc1. The Morgan fingerprint density at radius 3 is 2.46 bits per heavy atom. The van der Waals surface area contributed by atoms with Crippen LogP contribution in [0.5, 0.6) is 11.5 Å². The summed E-state index contributed by atoms with van der Waals surface area (Å²) in [6, 6.07) is 16.4. The molecular formula is C22H29NO3. The van der Waals surface area contributed by atoms with Crippen LogP contribution in [0.3, 0.4) is 0 Å². The third kappa shape index (κ3) is 5.67. The van der Waals surface area contributed by atoms with Crippen LogP contribution >= 0.6 is 0 Å². The van der Waals surface area contributed by atoms with E-state index >= 15 is 0 Å².